The van der Waals surface area contributed by atoms with E-state index < -0.39 is 10.0 Å². The Morgan fingerprint density at radius 3 is 2.28 bits per heavy atom. The lowest BCUT2D eigenvalue weighted by atomic mass is 10.1. The highest BCUT2D eigenvalue weighted by molar-refractivity contribution is 7.89. The highest BCUT2D eigenvalue weighted by Crippen LogP contribution is 2.16. The topological polar surface area (TPSA) is 71.5 Å². The summed E-state index contributed by atoms with van der Waals surface area (Å²) in [5.41, 5.74) is 1.19. The van der Waals surface area contributed by atoms with Gasteiger partial charge in [-0.05, 0) is 36.2 Å². The molecule has 6 nitrogen and oxygen atoms in total. The number of pyridine rings is 1. The number of ether oxygens (including phenoxy) is 1. The van der Waals surface area contributed by atoms with E-state index in [9.17, 15) is 8.42 Å². The molecule has 0 aliphatic rings. The number of anilines is 1. The van der Waals surface area contributed by atoms with Crippen LogP contribution in [0.1, 0.15) is 19.4 Å². The van der Waals surface area contributed by atoms with E-state index in [0.29, 0.717) is 25.5 Å². The summed E-state index contributed by atoms with van der Waals surface area (Å²) in [4.78, 5) is 4.44. The first kappa shape index (κ1) is 19.2. The van der Waals surface area contributed by atoms with Crippen LogP contribution in [-0.2, 0) is 16.4 Å². The summed E-state index contributed by atoms with van der Waals surface area (Å²) in [6, 6.07) is 11.2. The first-order chi connectivity index (χ1) is 12.0. The van der Waals surface area contributed by atoms with Crippen molar-refractivity contribution < 1.29 is 13.2 Å². The molecule has 0 amide bonds. The van der Waals surface area contributed by atoms with Crippen molar-refractivity contribution in [2.75, 3.05) is 32.1 Å². The predicted molar refractivity (Wildman–Crippen MR) is 99.5 cm³/mol. The van der Waals surface area contributed by atoms with Crippen molar-refractivity contribution in [3.8, 4) is 5.75 Å². The van der Waals surface area contributed by atoms with Gasteiger partial charge in [0, 0.05) is 25.8 Å². The van der Waals surface area contributed by atoms with Crippen LogP contribution in [0.2, 0.25) is 0 Å². The molecule has 0 spiro atoms. The van der Waals surface area contributed by atoms with Gasteiger partial charge in [-0.1, -0.05) is 26.0 Å². The first-order valence-corrected chi connectivity index (χ1v) is 9.78. The summed E-state index contributed by atoms with van der Waals surface area (Å²) in [5, 5.41) is 3.21. The van der Waals surface area contributed by atoms with E-state index in [1.807, 2.05) is 38.1 Å². The van der Waals surface area contributed by atoms with Gasteiger partial charge in [-0.15, -0.1) is 0 Å². The fourth-order valence-corrected chi connectivity index (χ4v) is 3.88. The van der Waals surface area contributed by atoms with Crippen LogP contribution in [0.25, 0.3) is 0 Å². The van der Waals surface area contributed by atoms with Gasteiger partial charge in [-0.2, -0.15) is 4.31 Å². The summed E-state index contributed by atoms with van der Waals surface area (Å²) in [5.74, 6) is 1.50. The van der Waals surface area contributed by atoms with Crippen molar-refractivity contribution in [1.29, 1.82) is 0 Å². The van der Waals surface area contributed by atoms with E-state index in [4.69, 9.17) is 4.74 Å². The molecule has 0 unspecified atom stereocenters. The summed E-state index contributed by atoms with van der Waals surface area (Å²) < 4.78 is 31.4. The zero-order valence-corrected chi connectivity index (χ0v) is 15.7. The SMILES string of the molecule is CCN(CC)S(=O)(=O)c1ccc(NCCc2ccc(OC)cc2)nc1. The van der Waals surface area contributed by atoms with Crippen LogP contribution in [0.5, 0.6) is 5.75 Å². The lowest BCUT2D eigenvalue weighted by Gasteiger charge is -2.18. The molecule has 2 aromatic rings. The number of nitrogens with one attached hydrogen (secondary N) is 1. The van der Waals surface area contributed by atoms with Gasteiger partial charge in [0.15, 0.2) is 0 Å². The van der Waals surface area contributed by atoms with Crippen LogP contribution in [-0.4, -0.2) is 44.5 Å². The normalized spacial score (nSPS) is 11.5. The number of sulfonamides is 1. The van der Waals surface area contributed by atoms with Gasteiger partial charge in [0.25, 0.3) is 0 Å². The molecular weight excluding hydrogens is 338 g/mol. The van der Waals surface area contributed by atoms with Crippen molar-refractivity contribution in [2.24, 2.45) is 0 Å². The Hall–Kier alpha value is -2.12. The summed E-state index contributed by atoms with van der Waals surface area (Å²) in [6.45, 7) is 5.25. The lowest BCUT2D eigenvalue weighted by Crippen LogP contribution is -2.30. The fourth-order valence-electron chi connectivity index (χ4n) is 2.48. The van der Waals surface area contributed by atoms with E-state index in [0.717, 1.165) is 12.2 Å². The van der Waals surface area contributed by atoms with E-state index in [1.165, 1.54) is 16.1 Å². The van der Waals surface area contributed by atoms with Gasteiger partial charge in [-0.3, -0.25) is 0 Å². The Morgan fingerprint density at radius 1 is 1.08 bits per heavy atom. The predicted octanol–water partition coefficient (Wildman–Crippen LogP) is 2.78. The molecule has 0 radical (unpaired) electrons. The maximum Gasteiger partial charge on any atom is 0.244 e. The third-order valence-electron chi connectivity index (χ3n) is 3.96. The second kappa shape index (κ2) is 8.82. The van der Waals surface area contributed by atoms with Crippen LogP contribution in [0.15, 0.2) is 47.5 Å². The van der Waals surface area contributed by atoms with Crippen molar-refractivity contribution >= 4 is 15.8 Å². The zero-order valence-electron chi connectivity index (χ0n) is 14.9. The number of benzene rings is 1. The molecule has 0 aliphatic carbocycles. The summed E-state index contributed by atoms with van der Waals surface area (Å²) in [6.07, 6.45) is 2.24. The van der Waals surface area contributed by atoms with Crippen molar-refractivity contribution in [2.45, 2.75) is 25.2 Å². The largest absolute Gasteiger partial charge is 0.497 e. The molecular formula is C18H25N3O3S. The number of aromatic nitrogens is 1. The number of nitrogens with zero attached hydrogens (tertiary/aromatic N) is 2. The molecule has 1 N–H and O–H groups in total. The maximum absolute atomic E-state index is 12.4. The standard InChI is InChI=1S/C18H25N3O3S/c1-4-21(5-2)25(22,23)17-10-11-18(20-14-17)19-13-12-15-6-8-16(24-3)9-7-15/h6-11,14H,4-5,12-13H2,1-3H3,(H,19,20). The molecule has 0 atom stereocenters. The Labute approximate surface area is 149 Å². The number of hydrogen-bond donors (Lipinski definition) is 1. The molecule has 136 valence electrons. The summed E-state index contributed by atoms with van der Waals surface area (Å²) >= 11 is 0. The Kier molecular flexibility index (Phi) is 6.78. The van der Waals surface area contributed by atoms with Crippen LogP contribution < -0.4 is 10.1 Å². The second-order valence-corrected chi connectivity index (χ2v) is 7.43. The number of hydrogen-bond acceptors (Lipinski definition) is 5. The van der Waals surface area contributed by atoms with Gasteiger partial charge >= 0.3 is 0 Å². The minimum absolute atomic E-state index is 0.219. The molecule has 0 saturated heterocycles. The van der Waals surface area contributed by atoms with Crippen LogP contribution >= 0.6 is 0 Å². The molecule has 7 heteroatoms. The van der Waals surface area contributed by atoms with Crippen LogP contribution in [0.3, 0.4) is 0 Å². The maximum atomic E-state index is 12.4. The Balaban J connectivity index is 1.93. The van der Waals surface area contributed by atoms with Gasteiger partial charge in [0.1, 0.15) is 16.5 Å². The highest BCUT2D eigenvalue weighted by Gasteiger charge is 2.21. The molecule has 25 heavy (non-hydrogen) atoms. The van der Waals surface area contributed by atoms with Crippen molar-refractivity contribution in [3.63, 3.8) is 0 Å². The van der Waals surface area contributed by atoms with Crippen molar-refractivity contribution in [1.82, 2.24) is 9.29 Å². The summed E-state index contributed by atoms with van der Waals surface area (Å²) in [7, 11) is -1.81. The van der Waals surface area contributed by atoms with E-state index >= 15 is 0 Å². The molecule has 0 aliphatic heterocycles. The molecule has 2 rings (SSSR count). The van der Waals surface area contributed by atoms with E-state index in [-0.39, 0.29) is 4.90 Å². The highest BCUT2D eigenvalue weighted by atomic mass is 32.2. The monoisotopic (exact) mass is 363 g/mol. The molecule has 0 saturated carbocycles. The number of methoxy groups -OCH3 is 1. The van der Waals surface area contributed by atoms with E-state index in [1.54, 1.807) is 19.2 Å². The molecule has 1 aromatic heterocycles. The molecule has 0 bridgehead atoms. The average Bonchev–Trinajstić information content (AvgIpc) is 2.63. The van der Waals surface area contributed by atoms with Gasteiger partial charge < -0.3 is 10.1 Å². The van der Waals surface area contributed by atoms with Gasteiger partial charge in [0.2, 0.25) is 10.0 Å². The van der Waals surface area contributed by atoms with Gasteiger partial charge in [-0.25, -0.2) is 13.4 Å². The minimum atomic E-state index is -3.46. The Bertz CT molecular complexity index is 755. The van der Waals surface area contributed by atoms with Gasteiger partial charge in [0.05, 0.1) is 7.11 Å². The lowest BCUT2D eigenvalue weighted by molar-refractivity contribution is 0.414. The second-order valence-electron chi connectivity index (χ2n) is 5.49. The van der Waals surface area contributed by atoms with Crippen LogP contribution in [0, 0.1) is 0 Å². The smallest absolute Gasteiger partial charge is 0.244 e. The third kappa shape index (κ3) is 4.93. The number of rotatable bonds is 9. The average molecular weight is 363 g/mol. The first-order valence-electron chi connectivity index (χ1n) is 8.34. The zero-order chi connectivity index (χ0) is 18.3. The quantitative estimate of drug-likeness (QED) is 0.742. The minimum Gasteiger partial charge on any atom is -0.497 e. The van der Waals surface area contributed by atoms with Crippen molar-refractivity contribution in [3.05, 3.63) is 48.2 Å². The molecule has 1 aromatic carbocycles. The Morgan fingerprint density at radius 2 is 1.76 bits per heavy atom. The van der Waals surface area contributed by atoms with E-state index in [2.05, 4.69) is 10.3 Å². The van der Waals surface area contributed by atoms with Crippen LogP contribution in [0.4, 0.5) is 5.82 Å². The molecule has 1 heterocycles. The fraction of sp³-hybridized carbons (Fsp3) is 0.389. The third-order valence-corrected chi connectivity index (χ3v) is 5.99. The molecule has 0 fully saturated rings.